The van der Waals surface area contributed by atoms with Gasteiger partial charge in [0.2, 0.25) is 0 Å². The molecule has 2 aromatic rings. The van der Waals surface area contributed by atoms with Crippen molar-refractivity contribution in [2.75, 3.05) is 26.0 Å². The van der Waals surface area contributed by atoms with E-state index >= 15 is 0 Å². The van der Waals surface area contributed by atoms with Crippen LogP contribution in [0.15, 0.2) is 18.2 Å². The van der Waals surface area contributed by atoms with Gasteiger partial charge in [-0.15, -0.1) is 0 Å². The average Bonchev–Trinajstić information content (AvgIpc) is 2.85. The van der Waals surface area contributed by atoms with Crippen molar-refractivity contribution >= 4 is 23.3 Å². The number of carbonyl (C=O) groups is 1. The molecule has 7 heteroatoms. The van der Waals surface area contributed by atoms with Gasteiger partial charge >= 0.3 is 6.03 Å². The molecule has 0 radical (unpaired) electrons. The van der Waals surface area contributed by atoms with Gasteiger partial charge in [-0.25, -0.2) is 4.79 Å². The van der Waals surface area contributed by atoms with Crippen LogP contribution in [0.3, 0.4) is 0 Å². The normalized spacial score (nSPS) is 10.5. The first-order valence-electron chi connectivity index (χ1n) is 7.29. The zero-order valence-electron chi connectivity index (χ0n) is 13.7. The first kappa shape index (κ1) is 17.1. The lowest BCUT2D eigenvalue weighted by molar-refractivity contribution is 0.223. The summed E-state index contributed by atoms with van der Waals surface area (Å²) in [5.41, 5.74) is 3.67. The number of halogens is 1. The van der Waals surface area contributed by atoms with Crippen molar-refractivity contribution < 1.29 is 9.53 Å². The second-order valence-corrected chi connectivity index (χ2v) is 5.71. The number of H-pyrrole nitrogens is 1. The van der Waals surface area contributed by atoms with Crippen LogP contribution in [0.1, 0.15) is 17.0 Å². The molecular formula is C16H21ClN4O2. The van der Waals surface area contributed by atoms with Gasteiger partial charge in [0.25, 0.3) is 0 Å². The van der Waals surface area contributed by atoms with Crippen LogP contribution < -0.4 is 10.1 Å². The van der Waals surface area contributed by atoms with Crippen LogP contribution in [0.2, 0.25) is 5.02 Å². The number of nitrogens with zero attached hydrogens (tertiary/aromatic N) is 2. The van der Waals surface area contributed by atoms with E-state index in [1.165, 1.54) is 7.11 Å². The fraction of sp³-hybridized carbons (Fsp3) is 0.375. The number of urea groups is 1. The van der Waals surface area contributed by atoms with Crippen molar-refractivity contribution in [3.63, 3.8) is 0 Å². The SMILES string of the molecule is COc1cccc(NC(=O)N(C)CCc2c(C)n[nH]c2C)c1Cl. The third-order valence-electron chi connectivity index (χ3n) is 3.75. The summed E-state index contributed by atoms with van der Waals surface area (Å²) >= 11 is 6.19. The Kier molecular flexibility index (Phi) is 5.50. The van der Waals surface area contributed by atoms with E-state index in [1.54, 1.807) is 30.1 Å². The lowest BCUT2D eigenvalue weighted by Gasteiger charge is -2.19. The standard InChI is InChI=1S/C16H21ClN4O2/c1-10-12(11(2)20-19-10)8-9-21(3)16(22)18-13-6-5-7-14(23-4)15(13)17/h5-7H,8-9H2,1-4H3,(H,18,22)(H,19,20). The summed E-state index contributed by atoms with van der Waals surface area (Å²) in [6, 6.07) is 5.03. The predicted octanol–water partition coefficient (Wildman–Crippen LogP) is 3.39. The number of amides is 2. The Balaban J connectivity index is 1.98. The zero-order chi connectivity index (χ0) is 17.0. The van der Waals surface area contributed by atoms with Crippen LogP contribution in [0, 0.1) is 13.8 Å². The van der Waals surface area contributed by atoms with E-state index in [0.29, 0.717) is 23.0 Å². The molecule has 2 amide bonds. The van der Waals surface area contributed by atoms with E-state index < -0.39 is 0 Å². The second-order valence-electron chi connectivity index (χ2n) is 5.34. The number of aryl methyl sites for hydroxylation is 2. The minimum atomic E-state index is -0.223. The Morgan fingerprint density at radius 1 is 1.43 bits per heavy atom. The summed E-state index contributed by atoms with van der Waals surface area (Å²) in [4.78, 5) is 13.9. The maximum absolute atomic E-state index is 12.3. The highest BCUT2D eigenvalue weighted by atomic mass is 35.5. The number of benzene rings is 1. The third-order valence-corrected chi connectivity index (χ3v) is 4.14. The zero-order valence-corrected chi connectivity index (χ0v) is 14.5. The van der Waals surface area contributed by atoms with Crippen LogP contribution in [0.25, 0.3) is 0 Å². The van der Waals surface area contributed by atoms with Crippen molar-refractivity contribution in [3.8, 4) is 5.75 Å². The summed E-state index contributed by atoms with van der Waals surface area (Å²) in [5, 5.41) is 10.3. The van der Waals surface area contributed by atoms with Gasteiger partial charge in [0, 0.05) is 19.3 Å². The Hall–Kier alpha value is -2.21. The van der Waals surface area contributed by atoms with Crippen LogP contribution in [0.5, 0.6) is 5.75 Å². The van der Waals surface area contributed by atoms with Gasteiger partial charge in [-0.3, -0.25) is 5.10 Å². The van der Waals surface area contributed by atoms with Crippen molar-refractivity contribution in [1.82, 2.24) is 15.1 Å². The van der Waals surface area contributed by atoms with E-state index in [-0.39, 0.29) is 6.03 Å². The first-order valence-corrected chi connectivity index (χ1v) is 7.67. The highest BCUT2D eigenvalue weighted by Crippen LogP contribution is 2.31. The molecule has 0 atom stereocenters. The minimum Gasteiger partial charge on any atom is -0.495 e. The minimum absolute atomic E-state index is 0.223. The lowest BCUT2D eigenvalue weighted by Crippen LogP contribution is -2.33. The molecule has 0 saturated carbocycles. The summed E-state index contributed by atoms with van der Waals surface area (Å²) < 4.78 is 5.14. The molecule has 0 saturated heterocycles. The number of aromatic amines is 1. The van der Waals surface area contributed by atoms with Gasteiger partial charge in [-0.2, -0.15) is 5.10 Å². The second kappa shape index (κ2) is 7.37. The summed E-state index contributed by atoms with van der Waals surface area (Å²) in [6.45, 7) is 4.51. The Morgan fingerprint density at radius 3 is 2.78 bits per heavy atom. The number of ether oxygens (including phenoxy) is 1. The quantitative estimate of drug-likeness (QED) is 0.879. The fourth-order valence-electron chi connectivity index (χ4n) is 2.30. The topological polar surface area (TPSA) is 70.2 Å². The van der Waals surface area contributed by atoms with Gasteiger partial charge in [-0.1, -0.05) is 17.7 Å². The molecule has 0 bridgehead atoms. The van der Waals surface area contributed by atoms with Crippen LogP contribution in [0.4, 0.5) is 10.5 Å². The molecule has 1 aromatic heterocycles. The molecule has 0 aliphatic carbocycles. The van der Waals surface area contributed by atoms with Crippen molar-refractivity contribution in [3.05, 3.63) is 40.2 Å². The lowest BCUT2D eigenvalue weighted by atomic mass is 10.1. The molecule has 2 rings (SSSR count). The summed E-state index contributed by atoms with van der Waals surface area (Å²) in [7, 11) is 3.28. The molecule has 1 aromatic carbocycles. The van der Waals surface area contributed by atoms with Gasteiger partial charge in [0.15, 0.2) is 0 Å². The van der Waals surface area contributed by atoms with Crippen LogP contribution >= 0.6 is 11.6 Å². The van der Waals surface area contributed by atoms with Crippen molar-refractivity contribution in [2.45, 2.75) is 20.3 Å². The fourth-order valence-corrected chi connectivity index (χ4v) is 2.55. The van der Waals surface area contributed by atoms with E-state index in [9.17, 15) is 4.79 Å². The van der Waals surface area contributed by atoms with Gasteiger partial charge in [0.1, 0.15) is 10.8 Å². The number of methoxy groups -OCH3 is 1. The number of likely N-dealkylation sites (N-methyl/N-ethyl adjacent to an activating group) is 1. The number of anilines is 1. The monoisotopic (exact) mass is 336 g/mol. The Morgan fingerprint density at radius 2 is 2.17 bits per heavy atom. The van der Waals surface area contributed by atoms with Gasteiger partial charge < -0.3 is 15.0 Å². The molecule has 23 heavy (non-hydrogen) atoms. The highest BCUT2D eigenvalue weighted by molar-refractivity contribution is 6.35. The van der Waals surface area contributed by atoms with Crippen molar-refractivity contribution in [1.29, 1.82) is 0 Å². The summed E-state index contributed by atoms with van der Waals surface area (Å²) in [6.07, 6.45) is 0.740. The Labute approximate surface area is 140 Å². The number of carbonyl (C=O) groups excluding carboxylic acids is 1. The van der Waals surface area contributed by atoms with Crippen LogP contribution in [-0.2, 0) is 6.42 Å². The number of rotatable bonds is 5. The van der Waals surface area contributed by atoms with Gasteiger partial charge in [0.05, 0.1) is 18.5 Å². The molecular weight excluding hydrogens is 316 g/mol. The molecule has 0 aliphatic rings. The summed E-state index contributed by atoms with van der Waals surface area (Å²) in [5.74, 6) is 0.525. The largest absolute Gasteiger partial charge is 0.495 e. The Bertz CT molecular complexity index is 680. The number of hydrogen-bond donors (Lipinski definition) is 2. The maximum atomic E-state index is 12.3. The van der Waals surface area contributed by atoms with E-state index in [1.807, 2.05) is 13.8 Å². The van der Waals surface area contributed by atoms with E-state index in [2.05, 4.69) is 15.5 Å². The molecule has 6 nitrogen and oxygen atoms in total. The van der Waals surface area contributed by atoms with Gasteiger partial charge in [-0.05, 0) is 38.0 Å². The highest BCUT2D eigenvalue weighted by Gasteiger charge is 2.14. The molecule has 124 valence electrons. The first-order chi connectivity index (χ1) is 10.9. The molecule has 0 spiro atoms. The molecule has 0 aliphatic heterocycles. The van der Waals surface area contributed by atoms with Crippen molar-refractivity contribution in [2.24, 2.45) is 0 Å². The third kappa shape index (κ3) is 3.96. The predicted molar refractivity (Wildman–Crippen MR) is 91.4 cm³/mol. The van der Waals surface area contributed by atoms with E-state index in [4.69, 9.17) is 16.3 Å². The molecule has 0 fully saturated rings. The molecule has 2 N–H and O–H groups in total. The molecule has 0 unspecified atom stereocenters. The smallest absolute Gasteiger partial charge is 0.321 e. The molecule has 1 heterocycles. The number of nitrogens with one attached hydrogen (secondary N) is 2. The van der Waals surface area contributed by atoms with Crippen LogP contribution in [-0.4, -0.2) is 41.8 Å². The van der Waals surface area contributed by atoms with E-state index in [0.717, 1.165) is 23.4 Å². The number of aromatic nitrogens is 2. The average molecular weight is 337 g/mol. The number of hydrogen-bond acceptors (Lipinski definition) is 3. The maximum Gasteiger partial charge on any atom is 0.321 e.